The number of hydrogen-bond donors (Lipinski definition) is 0. The fraction of sp³-hybridized carbons (Fsp3) is 0.333. The third kappa shape index (κ3) is 3.90. The van der Waals surface area contributed by atoms with Gasteiger partial charge in [0.25, 0.3) is 5.91 Å². The molecule has 5 rings (SSSR count). The minimum atomic E-state index is -0.284. The lowest BCUT2D eigenvalue weighted by atomic mass is 10.1. The summed E-state index contributed by atoms with van der Waals surface area (Å²) < 4.78 is 5.62. The summed E-state index contributed by atoms with van der Waals surface area (Å²) in [7, 11) is 0. The molecule has 1 amide bonds. The van der Waals surface area contributed by atoms with Crippen LogP contribution in [-0.4, -0.2) is 47.5 Å². The lowest BCUT2D eigenvalue weighted by Crippen LogP contribution is -2.31. The van der Waals surface area contributed by atoms with Gasteiger partial charge in [0.1, 0.15) is 11.7 Å². The lowest BCUT2D eigenvalue weighted by Gasteiger charge is -2.23. The Kier molecular flexibility index (Phi) is 5.45. The number of rotatable bonds is 5. The van der Waals surface area contributed by atoms with Crippen LogP contribution in [0, 0.1) is 13.8 Å². The maximum Gasteiger partial charge on any atom is 0.256 e. The summed E-state index contributed by atoms with van der Waals surface area (Å²) in [5, 5.41) is 12.6. The number of carbonyl (C=O) groups excluding carboxylic acids is 1. The monoisotopic (exact) mass is 443 g/mol. The molecule has 1 aromatic carbocycles. The van der Waals surface area contributed by atoms with Crippen molar-refractivity contribution < 1.29 is 9.32 Å². The first kappa shape index (κ1) is 21.0. The number of aromatic nitrogens is 6. The Labute approximate surface area is 191 Å². The van der Waals surface area contributed by atoms with E-state index < -0.39 is 0 Å². The lowest BCUT2D eigenvalue weighted by molar-refractivity contribution is 0.0709. The third-order valence-electron chi connectivity index (χ3n) is 6.09. The van der Waals surface area contributed by atoms with Crippen molar-refractivity contribution in [1.29, 1.82) is 0 Å². The van der Waals surface area contributed by atoms with Gasteiger partial charge in [-0.1, -0.05) is 23.7 Å². The zero-order chi connectivity index (χ0) is 22.9. The van der Waals surface area contributed by atoms with Gasteiger partial charge < -0.3 is 9.42 Å². The van der Waals surface area contributed by atoms with Crippen molar-refractivity contribution in [3.8, 4) is 17.2 Å². The van der Waals surface area contributed by atoms with Crippen LogP contribution in [0.15, 0.2) is 47.4 Å². The topological polar surface area (TPSA) is 103 Å². The first-order valence-electron chi connectivity index (χ1n) is 11.1. The van der Waals surface area contributed by atoms with Crippen molar-refractivity contribution in [3.05, 3.63) is 71.0 Å². The molecule has 1 aliphatic rings. The molecule has 1 fully saturated rings. The Balaban J connectivity index is 1.45. The van der Waals surface area contributed by atoms with Crippen LogP contribution < -0.4 is 0 Å². The van der Waals surface area contributed by atoms with E-state index in [9.17, 15) is 4.79 Å². The minimum Gasteiger partial charge on any atom is -0.337 e. The molecule has 0 spiro atoms. The molecule has 0 radical (unpaired) electrons. The molecule has 0 N–H and O–H groups in total. The minimum absolute atomic E-state index is 0.102. The van der Waals surface area contributed by atoms with E-state index in [0.29, 0.717) is 35.2 Å². The molecular weight excluding hydrogens is 418 g/mol. The quantitative estimate of drug-likeness (QED) is 0.461. The molecule has 1 saturated heterocycles. The Morgan fingerprint density at radius 3 is 2.76 bits per heavy atom. The molecule has 4 heterocycles. The molecule has 168 valence electrons. The summed E-state index contributed by atoms with van der Waals surface area (Å²) >= 11 is 0. The average molecular weight is 444 g/mol. The van der Waals surface area contributed by atoms with Crippen molar-refractivity contribution in [1.82, 2.24) is 35.0 Å². The molecular formula is C24H25N7O2. The van der Waals surface area contributed by atoms with Crippen molar-refractivity contribution in [2.45, 2.75) is 46.1 Å². The largest absolute Gasteiger partial charge is 0.337 e. The molecule has 1 unspecified atom stereocenters. The molecule has 9 nitrogen and oxygen atoms in total. The van der Waals surface area contributed by atoms with Gasteiger partial charge in [-0.05, 0) is 62.4 Å². The van der Waals surface area contributed by atoms with Gasteiger partial charge in [0.15, 0.2) is 0 Å². The van der Waals surface area contributed by atoms with E-state index in [1.807, 2.05) is 37.4 Å². The van der Waals surface area contributed by atoms with Crippen LogP contribution in [0.25, 0.3) is 17.2 Å². The van der Waals surface area contributed by atoms with Crippen LogP contribution in [0.3, 0.4) is 0 Å². The van der Waals surface area contributed by atoms with Gasteiger partial charge in [-0.2, -0.15) is 20.0 Å². The van der Waals surface area contributed by atoms with Gasteiger partial charge in [0.2, 0.25) is 11.7 Å². The van der Waals surface area contributed by atoms with Crippen LogP contribution >= 0.6 is 0 Å². The number of likely N-dealkylation sites (tertiary alicyclic amines) is 1. The SMILES string of the molecule is CCc1cnc(-c2noc(C3CCCN3C(=O)c3cc(C)ccc3-n3nccn3)n2)cc1C. The van der Waals surface area contributed by atoms with Crippen molar-refractivity contribution in [2.24, 2.45) is 0 Å². The molecule has 0 saturated carbocycles. The maximum atomic E-state index is 13.6. The number of aryl methyl sites for hydroxylation is 3. The van der Waals surface area contributed by atoms with E-state index >= 15 is 0 Å². The van der Waals surface area contributed by atoms with E-state index in [1.54, 1.807) is 17.3 Å². The molecule has 0 aliphatic carbocycles. The smallest absolute Gasteiger partial charge is 0.256 e. The highest BCUT2D eigenvalue weighted by atomic mass is 16.5. The van der Waals surface area contributed by atoms with Gasteiger partial charge >= 0.3 is 0 Å². The Morgan fingerprint density at radius 1 is 1.18 bits per heavy atom. The van der Waals surface area contributed by atoms with Gasteiger partial charge in [0, 0.05) is 12.7 Å². The molecule has 4 aromatic rings. The fourth-order valence-corrected chi connectivity index (χ4v) is 4.31. The van der Waals surface area contributed by atoms with Crippen molar-refractivity contribution >= 4 is 5.91 Å². The Bertz CT molecular complexity index is 1300. The van der Waals surface area contributed by atoms with Gasteiger partial charge in [-0.3, -0.25) is 9.78 Å². The van der Waals surface area contributed by atoms with Crippen LogP contribution in [0.4, 0.5) is 0 Å². The normalized spacial score (nSPS) is 15.8. The summed E-state index contributed by atoms with van der Waals surface area (Å²) in [4.78, 5) is 26.0. The first-order chi connectivity index (χ1) is 16.0. The van der Waals surface area contributed by atoms with Gasteiger partial charge in [-0.25, -0.2) is 0 Å². The van der Waals surface area contributed by atoms with E-state index in [1.165, 1.54) is 10.4 Å². The zero-order valence-electron chi connectivity index (χ0n) is 18.9. The number of benzene rings is 1. The Morgan fingerprint density at radius 2 is 2.00 bits per heavy atom. The highest BCUT2D eigenvalue weighted by Gasteiger charge is 2.36. The first-order valence-corrected chi connectivity index (χ1v) is 11.1. The molecule has 0 bridgehead atoms. The maximum absolute atomic E-state index is 13.6. The van der Waals surface area contributed by atoms with Crippen LogP contribution in [0.2, 0.25) is 0 Å². The predicted octanol–water partition coefficient (Wildman–Crippen LogP) is 3.87. The van der Waals surface area contributed by atoms with E-state index in [4.69, 9.17) is 4.52 Å². The van der Waals surface area contributed by atoms with Gasteiger partial charge in [0.05, 0.1) is 23.6 Å². The second kappa shape index (κ2) is 8.57. The highest BCUT2D eigenvalue weighted by molar-refractivity contribution is 5.98. The number of nitrogens with zero attached hydrogens (tertiary/aromatic N) is 7. The average Bonchev–Trinajstić information content (AvgIpc) is 3.60. The fourth-order valence-electron chi connectivity index (χ4n) is 4.31. The molecule has 9 heteroatoms. The summed E-state index contributed by atoms with van der Waals surface area (Å²) in [6.07, 6.45) is 7.58. The summed E-state index contributed by atoms with van der Waals surface area (Å²) in [6, 6.07) is 7.37. The molecule has 1 atom stereocenters. The summed E-state index contributed by atoms with van der Waals surface area (Å²) in [6.45, 7) is 6.73. The van der Waals surface area contributed by atoms with Gasteiger partial charge in [-0.15, -0.1) is 0 Å². The second-order valence-corrected chi connectivity index (χ2v) is 8.30. The number of hydrogen-bond acceptors (Lipinski definition) is 7. The number of pyridine rings is 1. The van der Waals surface area contributed by atoms with Crippen LogP contribution in [0.1, 0.15) is 58.7 Å². The van der Waals surface area contributed by atoms with E-state index in [0.717, 1.165) is 30.4 Å². The number of amides is 1. The predicted molar refractivity (Wildman–Crippen MR) is 121 cm³/mol. The molecule has 3 aromatic heterocycles. The Hall–Kier alpha value is -3.88. The van der Waals surface area contributed by atoms with E-state index in [-0.39, 0.29) is 11.9 Å². The second-order valence-electron chi connectivity index (χ2n) is 8.30. The highest BCUT2D eigenvalue weighted by Crippen LogP contribution is 2.34. The summed E-state index contributed by atoms with van der Waals surface area (Å²) in [5.41, 5.74) is 5.18. The van der Waals surface area contributed by atoms with Crippen molar-refractivity contribution in [2.75, 3.05) is 6.54 Å². The van der Waals surface area contributed by atoms with Crippen LogP contribution in [-0.2, 0) is 6.42 Å². The molecule has 33 heavy (non-hydrogen) atoms. The van der Waals surface area contributed by atoms with Crippen LogP contribution in [0.5, 0.6) is 0 Å². The van der Waals surface area contributed by atoms with E-state index in [2.05, 4.69) is 39.2 Å². The molecule has 1 aliphatic heterocycles. The third-order valence-corrected chi connectivity index (χ3v) is 6.09. The standard InChI is InChI=1S/C24H25N7O2/c1-4-17-14-25-19(13-16(17)3)22-28-23(33-29-22)21-6-5-11-30(21)24(32)18-12-15(2)7-8-20(18)31-26-9-10-27-31/h7-10,12-14,21H,4-6,11H2,1-3H3. The number of carbonyl (C=O) groups is 1. The summed E-state index contributed by atoms with van der Waals surface area (Å²) in [5.74, 6) is 0.767. The van der Waals surface area contributed by atoms with Crippen molar-refractivity contribution in [3.63, 3.8) is 0 Å². The zero-order valence-corrected chi connectivity index (χ0v) is 18.9.